The van der Waals surface area contributed by atoms with Crippen molar-refractivity contribution in [2.75, 3.05) is 13.7 Å². The molecule has 0 aromatic heterocycles. The number of hydrogen-bond donors (Lipinski definition) is 1. The highest BCUT2D eigenvalue weighted by atomic mass is 19.4. The number of carbonyl (C=O) groups is 1. The van der Waals surface area contributed by atoms with Gasteiger partial charge in [0.25, 0.3) is 0 Å². The van der Waals surface area contributed by atoms with Crippen molar-refractivity contribution in [2.45, 2.75) is 44.6 Å². The zero-order chi connectivity index (χ0) is 17.7. The first kappa shape index (κ1) is 18.7. The van der Waals surface area contributed by atoms with Gasteiger partial charge in [-0.15, -0.1) is 0 Å². The molecule has 0 saturated heterocycles. The second-order valence-electron chi connectivity index (χ2n) is 6.07. The third-order valence-corrected chi connectivity index (χ3v) is 4.32. The van der Waals surface area contributed by atoms with Gasteiger partial charge in [-0.3, -0.25) is 4.79 Å². The van der Waals surface area contributed by atoms with Crippen LogP contribution in [0.15, 0.2) is 18.2 Å². The van der Waals surface area contributed by atoms with E-state index in [1.165, 1.54) is 13.5 Å². The summed E-state index contributed by atoms with van der Waals surface area (Å²) in [7, 11) is 1.33. The van der Waals surface area contributed by atoms with Crippen molar-refractivity contribution < 1.29 is 27.4 Å². The van der Waals surface area contributed by atoms with Crippen LogP contribution in [0.5, 0.6) is 0 Å². The Labute approximate surface area is 139 Å². The molecule has 2 N–H and O–H groups in total. The zero-order valence-corrected chi connectivity index (χ0v) is 13.6. The molecule has 1 aromatic rings. The van der Waals surface area contributed by atoms with Gasteiger partial charge in [-0.25, -0.2) is 0 Å². The van der Waals surface area contributed by atoms with Crippen molar-refractivity contribution in [3.63, 3.8) is 0 Å². The monoisotopic (exact) mass is 345 g/mol. The van der Waals surface area contributed by atoms with E-state index in [2.05, 4.69) is 0 Å². The average Bonchev–Trinajstić information content (AvgIpc) is 2.55. The van der Waals surface area contributed by atoms with Crippen LogP contribution in [0, 0.1) is 5.92 Å². The highest BCUT2D eigenvalue weighted by Gasteiger charge is 2.33. The van der Waals surface area contributed by atoms with E-state index in [0.29, 0.717) is 12.5 Å². The summed E-state index contributed by atoms with van der Waals surface area (Å²) in [6.07, 6.45) is -0.0693. The molecule has 4 nitrogen and oxygen atoms in total. The Kier molecular flexibility index (Phi) is 6.23. The van der Waals surface area contributed by atoms with Crippen LogP contribution in [0.1, 0.15) is 59.9 Å². The van der Waals surface area contributed by atoms with Crippen molar-refractivity contribution >= 4 is 5.91 Å². The van der Waals surface area contributed by atoms with Gasteiger partial charge in [-0.05, 0) is 37.0 Å². The molecule has 1 fully saturated rings. The summed E-state index contributed by atoms with van der Waals surface area (Å²) >= 11 is 0. The number of halogens is 3. The van der Waals surface area contributed by atoms with E-state index in [1.54, 1.807) is 0 Å². The molecule has 0 bridgehead atoms. The van der Waals surface area contributed by atoms with Crippen LogP contribution in [0.25, 0.3) is 0 Å². The Morgan fingerprint density at radius 1 is 1.29 bits per heavy atom. The molecule has 24 heavy (non-hydrogen) atoms. The lowest BCUT2D eigenvalue weighted by molar-refractivity contribution is -0.143. The van der Waals surface area contributed by atoms with Gasteiger partial charge in [0.1, 0.15) is 0 Å². The molecule has 1 unspecified atom stereocenters. The molecule has 1 aromatic carbocycles. The minimum absolute atomic E-state index is 0.00985. The molecule has 1 amide bonds. The molecule has 1 aliphatic carbocycles. The lowest BCUT2D eigenvalue weighted by Crippen LogP contribution is -2.21. The Morgan fingerprint density at radius 2 is 1.96 bits per heavy atom. The van der Waals surface area contributed by atoms with Crippen molar-refractivity contribution in [2.24, 2.45) is 11.7 Å². The first-order valence-electron chi connectivity index (χ1n) is 7.98. The van der Waals surface area contributed by atoms with Gasteiger partial charge in [-0.1, -0.05) is 19.3 Å². The van der Waals surface area contributed by atoms with Crippen molar-refractivity contribution in [3.8, 4) is 0 Å². The number of ether oxygens (including phenoxy) is 2. The highest BCUT2D eigenvalue weighted by Crippen LogP contribution is 2.34. The van der Waals surface area contributed by atoms with Gasteiger partial charge in [-0.2, -0.15) is 13.2 Å². The largest absolute Gasteiger partial charge is 0.416 e. The van der Waals surface area contributed by atoms with Crippen LogP contribution in [-0.2, 0) is 15.7 Å². The van der Waals surface area contributed by atoms with Gasteiger partial charge < -0.3 is 15.2 Å². The van der Waals surface area contributed by atoms with Crippen LogP contribution in [0.2, 0.25) is 0 Å². The first-order chi connectivity index (χ1) is 11.3. The van der Waals surface area contributed by atoms with Crippen molar-refractivity contribution in [3.05, 3.63) is 34.9 Å². The van der Waals surface area contributed by atoms with E-state index in [1.807, 2.05) is 0 Å². The maximum absolute atomic E-state index is 12.9. The summed E-state index contributed by atoms with van der Waals surface area (Å²) in [5.74, 6) is -0.457. The molecule has 0 heterocycles. The van der Waals surface area contributed by atoms with Gasteiger partial charge in [0.2, 0.25) is 5.91 Å². The number of alkyl halides is 3. The van der Waals surface area contributed by atoms with E-state index < -0.39 is 23.9 Å². The molecule has 7 heteroatoms. The molecule has 0 aliphatic heterocycles. The van der Waals surface area contributed by atoms with Crippen molar-refractivity contribution in [1.29, 1.82) is 0 Å². The number of hydrogen-bond acceptors (Lipinski definition) is 3. The van der Waals surface area contributed by atoms with E-state index in [9.17, 15) is 18.0 Å². The summed E-state index contributed by atoms with van der Waals surface area (Å²) < 4.78 is 49.7. The zero-order valence-electron chi connectivity index (χ0n) is 13.6. The van der Waals surface area contributed by atoms with Gasteiger partial charge in [0, 0.05) is 18.2 Å². The molecule has 1 aliphatic rings. The van der Waals surface area contributed by atoms with E-state index >= 15 is 0 Å². The summed E-state index contributed by atoms with van der Waals surface area (Å²) in [6, 6.07) is 2.77. The number of nitrogens with two attached hydrogens (primary N) is 1. The lowest BCUT2D eigenvalue weighted by Gasteiger charge is -2.25. The fourth-order valence-electron chi connectivity index (χ4n) is 3.02. The predicted octanol–water partition coefficient (Wildman–Crippen LogP) is 4.05. The fourth-order valence-corrected chi connectivity index (χ4v) is 3.02. The second kappa shape index (κ2) is 7.98. The summed E-state index contributed by atoms with van der Waals surface area (Å²) in [5, 5.41) is 0. The Morgan fingerprint density at radius 3 is 2.50 bits per heavy atom. The first-order valence-corrected chi connectivity index (χ1v) is 7.98. The topological polar surface area (TPSA) is 61.6 Å². The van der Waals surface area contributed by atoms with Crippen LogP contribution < -0.4 is 5.73 Å². The van der Waals surface area contributed by atoms with Gasteiger partial charge >= 0.3 is 6.18 Å². The minimum atomic E-state index is -4.52. The maximum Gasteiger partial charge on any atom is 0.416 e. The van der Waals surface area contributed by atoms with Crippen molar-refractivity contribution in [1.82, 2.24) is 0 Å². The van der Waals surface area contributed by atoms with Crippen LogP contribution in [0.3, 0.4) is 0 Å². The minimum Gasteiger partial charge on any atom is -0.366 e. The predicted molar refractivity (Wildman–Crippen MR) is 82.2 cm³/mol. The number of methoxy groups -OCH3 is 1. The summed E-state index contributed by atoms with van der Waals surface area (Å²) in [5.41, 5.74) is 4.38. The number of primary amides is 1. The quantitative estimate of drug-likeness (QED) is 0.791. The highest BCUT2D eigenvalue weighted by molar-refractivity contribution is 5.94. The Bertz CT molecular complexity index is 569. The number of rotatable bonds is 6. The molecular weight excluding hydrogens is 323 g/mol. The molecule has 0 spiro atoms. The maximum atomic E-state index is 12.9. The Balaban J connectivity index is 2.22. The second-order valence-corrected chi connectivity index (χ2v) is 6.07. The molecule has 134 valence electrons. The third kappa shape index (κ3) is 4.70. The average molecular weight is 345 g/mol. The molecule has 2 rings (SSSR count). The molecule has 0 radical (unpaired) electrons. The summed E-state index contributed by atoms with van der Waals surface area (Å²) in [4.78, 5) is 11.5. The van der Waals surface area contributed by atoms with E-state index in [0.717, 1.165) is 43.9 Å². The SMILES string of the molecule is COC(OCC1CCCCC1)c1cc(C(F)(F)F)ccc1C(N)=O. The third-order valence-electron chi connectivity index (χ3n) is 4.32. The fraction of sp³-hybridized carbons (Fsp3) is 0.588. The number of benzene rings is 1. The normalized spacial score (nSPS) is 17.7. The smallest absolute Gasteiger partial charge is 0.366 e. The standard InChI is InChI=1S/C17H22F3NO3/c1-23-16(24-10-11-5-3-2-4-6-11)14-9-12(17(18,19)20)7-8-13(14)15(21)22/h7-9,11,16H,2-6,10H2,1H3,(H2,21,22). The summed E-state index contributed by atoms with van der Waals surface area (Å²) in [6.45, 7) is 0.382. The number of carbonyl (C=O) groups excluding carboxylic acids is 1. The van der Waals surface area contributed by atoms with Crippen LogP contribution in [-0.4, -0.2) is 19.6 Å². The van der Waals surface area contributed by atoms with Gasteiger partial charge in [0.05, 0.1) is 12.2 Å². The Hall–Kier alpha value is -1.60. The number of amides is 1. The van der Waals surface area contributed by atoms with Crippen LogP contribution in [0.4, 0.5) is 13.2 Å². The molecular formula is C17H22F3NO3. The molecule has 1 saturated carbocycles. The van der Waals surface area contributed by atoms with Crippen LogP contribution >= 0.6 is 0 Å². The van der Waals surface area contributed by atoms with Gasteiger partial charge in [0.15, 0.2) is 6.29 Å². The molecule has 1 atom stereocenters. The van der Waals surface area contributed by atoms with E-state index in [4.69, 9.17) is 15.2 Å². The lowest BCUT2D eigenvalue weighted by atomic mass is 9.90. The van der Waals surface area contributed by atoms with E-state index in [-0.39, 0.29) is 11.1 Å².